The lowest BCUT2D eigenvalue weighted by Gasteiger charge is -2.41. The van der Waals surface area contributed by atoms with Gasteiger partial charge in [-0.05, 0) is 61.5 Å². The zero-order valence-corrected chi connectivity index (χ0v) is 20.8. The molecule has 0 saturated heterocycles. The van der Waals surface area contributed by atoms with Crippen LogP contribution in [0.1, 0.15) is 46.5 Å². The fourth-order valence-electron chi connectivity index (χ4n) is 3.52. The molecule has 1 aliphatic rings. The van der Waals surface area contributed by atoms with Crippen molar-refractivity contribution >= 4 is 31.2 Å². The van der Waals surface area contributed by atoms with Crippen LogP contribution in [-0.2, 0) is 9.22 Å². The van der Waals surface area contributed by atoms with Gasteiger partial charge in [0.2, 0.25) is 5.91 Å². The summed E-state index contributed by atoms with van der Waals surface area (Å²) < 4.78 is 11.7. The highest BCUT2D eigenvalue weighted by molar-refractivity contribution is 7.16. The minimum atomic E-state index is -1.76. The van der Waals surface area contributed by atoms with Gasteiger partial charge in [-0.25, -0.2) is 4.98 Å². The first-order valence-corrected chi connectivity index (χ1v) is 14.4. The van der Waals surface area contributed by atoms with E-state index in [1.54, 1.807) is 13.3 Å². The van der Waals surface area contributed by atoms with Crippen molar-refractivity contribution < 1.29 is 14.0 Å². The second kappa shape index (κ2) is 9.20. The van der Waals surface area contributed by atoms with E-state index in [0.717, 1.165) is 41.8 Å². The monoisotopic (exact) mass is 446 g/mol. The largest absolute Gasteiger partial charge is 0.473 e. The number of methoxy groups -OCH3 is 1. The normalized spacial score (nSPS) is 20.1. The Morgan fingerprint density at radius 1 is 1.20 bits per heavy atom. The third-order valence-electron chi connectivity index (χ3n) is 6.39. The zero-order chi connectivity index (χ0) is 21.9. The quantitative estimate of drug-likeness (QED) is 0.526. The lowest BCUT2D eigenvalue weighted by atomic mass is 9.87. The topological polar surface area (TPSA) is 60.5 Å². The first kappa shape index (κ1) is 23.0. The Morgan fingerprint density at radius 3 is 2.50 bits per heavy atom. The molecule has 1 saturated carbocycles. The molecule has 0 radical (unpaired) electrons. The molecule has 7 heteroatoms. The molecule has 1 aromatic carbocycles. The van der Waals surface area contributed by atoms with Crippen LogP contribution in [-0.4, -0.2) is 32.4 Å². The Hall–Kier alpha value is -1.70. The van der Waals surface area contributed by atoms with Crippen LogP contribution in [0.2, 0.25) is 18.1 Å². The fraction of sp³-hybridized carbons (Fsp3) is 0.565. The Balaban J connectivity index is 1.56. The predicted molar refractivity (Wildman–Crippen MR) is 127 cm³/mol. The zero-order valence-electron chi connectivity index (χ0n) is 19.0. The van der Waals surface area contributed by atoms with E-state index in [0.29, 0.717) is 11.3 Å². The number of rotatable bonds is 6. The van der Waals surface area contributed by atoms with Crippen LogP contribution in [0.5, 0.6) is 5.19 Å². The Labute approximate surface area is 185 Å². The van der Waals surface area contributed by atoms with Gasteiger partial charge >= 0.3 is 0 Å². The summed E-state index contributed by atoms with van der Waals surface area (Å²) in [6, 6.07) is 7.91. The van der Waals surface area contributed by atoms with Gasteiger partial charge in [0.05, 0.1) is 12.0 Å². The van der Waals surface area contributed by atoms with Crippen LogP contribution in [0.3, 0.4) is 0 Å². The lowest BCUT2D eigenvalue weighted by Crippen LogP contribution is -2.45. The highest BCUT2D eigenvalue weighted by Crippen LogP contribution is 2.40. The SMILES string of the molecule is COc1ncc(-c2cccc(NC(=O)C3CCC(O[Si](C)(C)C(C)(C)C)CC3)c2)s1. The molecule has 5 nitrogen and oxygen atoms in total. The molecule has 2 aromatic rings. The maximum atomic E-state index is 12.8. The molecule has 1 heterocycles. The second-order valence-corrected chi connectivity index (χ2v) is 15.4. The van der Waals surface area contributed by atoms with Crippen molar-refractivity contribution in [3.8, 4) is 15.6 Å². The summed E-state index contributed by atoms with van der Waals surface area (Å²) in [5.74, 6) is 0.163. The number of carbonyl (C=O) groups is 1. The van der Waals surface area contributed by atoms with Crippen molar-refractivity contribution in [3.05, 3.63) is 30.5 Å². The Kier molecular flexibility index (Phi) is 7.04. The van der Waals surface area contributed by atoms with E-state index < -0.39 is 8.32 Å². The van der Waals surface area contributed by atoms with Crippen molar-refractivity contribution in [2.45, 2.75) is 70.7 Å². The van der Waals surface area contributed by atoms with Crippen molar-refractivity contribution in [3.63, 3.8) is 0 Å². The Bertz CT molecular complexity index is 867. The Morgan fingerprint density at radius 2 is 1.90 bits per heavy atom. The third kappa shape index (κ3) is 5.50. The molecule has 3 rings (SSSR count). The van der Waals surface area contributed by atoms with E-state index >= 15 is 0 Å². The van der Waals surface area contributed by atoms with E-state index in [2.05, 4.69) is 44.2 Å². The van der Waals surface area contributed by atoms with Gasteiger partial charge in [-0.15, -0.1) is 0 Å². The number of anilines is 1. The van der Waals surface area contributed by atoms with Gasteiger partial charge in [-0.1, -0.05) is 44.2 Å². The molecule has 0 aliphatic heterocycles. The van der Waals surface area contributed by atoms with Crippen LogP contribution < -0.4 is 10.1 Å². The molecular weight excluding hydrogens is 412 g/mol. The highest BCUT2D eigenvalue weighted by atomic mass is 32.1. The van der Waals surface area contributed by atoms with E-state index in [4.69, 9.17) is 9.16 Å². The minimum absolute atomic E-state index is 0.0522. The van der Waals surface area contributed by atoms with Gasteiger partial charge in [0.25, 0.3) is 5.19 Å². The maximum Gasteiger partial charge on any atom is 0.273 e. The second-order valence-electron chi connectivity index (χ2n) is 9.62. The summed E-state index contributed by atoms with van der Waals surface area (Å²) in [6.45, 7) is 11.4. The molecule has 1 aliphatic carbocycles. The first-order valence-electron chi connectivity index (χ1n) is 10.7. The maximum absolute atomic E-state index is 12.8. The predicted octanol–water partition coefficient (Wildman–Crippen LogP) is 6.34. The summed E-state index contributed by atoms with van der Waals surface area (Å²) in [4.78, 5) is 18.1. The lowest BCUT2D eigenvalue weighted by molar-refractivity contribution is -0.121. The third-order valence-corrected chi connectivity index (χ3v) is 11.9. The number of carbonyl (C=O) groups excluding carboxylic acids is 1. The summed E-state index contributed by atoms with van der Waals surface area (Å²) in [6.07, 6.45) is 5.79. The highest BCUT2D eigenvalue weighted by Gasteiger charge is 2.40. The summed E-state index contributed by atoms with van der Waals surface area (Å²) in [5, 5.41) is 3.96. The van der Waals surface area contributed by atoms with Gasteiger partial charge in [0.1, 0.15) is 0 Å². The van der Waals surface area contributed by atoms with Crippen molar-refractivity contribution in [2.24, 2.45) is 5.92 Å². The molecule has 0 unspecified atom stereocenters. The van der Waals surface area contributed by atoms with Crippen molar-refractivity contribution in [2.75, 3.05) is 12.4 Å². The number of ether oxygens (including phenoxy) is 1. The number of hydrogen-bond donors (Lipinski definition) is 1. The average Bonchev–Trinajstić information content (AvgIpc) is 3.17. The smallest absolute Gasteiger partial charge is 0.273 e. The van der Waals surface area contributed by atoms with Crippen LogP contribution in [0.4, 0.5) is 5.69 Å². The summed E-state index contributed by atoms with van der Waals surface area (Å²) in [7, 11) is -0.139. The molecule has 1 fully saturated rings. The number of aromatic nitrogens is 1. The standard InChI is InChI=1S/C23H34N2O3SSi/c1-23(2,3)30(5,6)28-19-12-10-16(11-13-19)21(26)25-18-9-7-8-17(14-18)20-15-24-22(27-4)29-20/h7-9,14-16,19H,10-13H2,1-6H3,(H,25,26). The molecule has 1 aromatic heterocycles. The fourth-order valence-corrected chi connectivity index (χ4v) is 5.67. The van der Waals surface area contributed by atoms with Crippen molar-refractivity contribution in [1.82, 2.24) is 4.98 Å². The van der Waals surface area contributed by atoms with Crippen molar-refractivity contribution in [1.29, 1.82) is 0 Å². The molecule has 0 atom stereocenters. The van der Waals surface area contributed by atoms with E-state index in [1.165, 1.54) is 11.3 Å². The van der Waals surface area contributed by atoms with Crippen LogP contribution in [0.25, 0.3) is 10.4 Å². The van der Waals surface area contributed by atoms with E-state index in [-0.39, 0.29) is 16.9 Å². The van der Waals surface area contributed by atoms with E-state index in [1.807, 2.05) is 24.3 Å². The molecule has 30 heavy (non-hydrogen) atoms. The number of amides is 1. The van der Waals surface area contributed by atoms with Gasteiger partial charge < -0.3 is 14.5 Å². The number of hydrogen-bond acceptors (Lipinski definition) is 5. The number of benzene rings is 1. The molecule has 164 valence electrons. The summed E-state index contributed by atoms with van der Waals surface area (Å²) in [5.41, 5.74) is 1.85. The number of thiazole rings is 1. The molecule has 1 amide bonds. The summed E-state index contributed by atoms with van der Waals surface area (Å²) >= 11 is 1.49. The number of nitrogens with zero attached hydrogens (tertiary/aromatic N) is 1. The van der Waals surface area contributed by atoms with Gasteiger partial charge in [-0.3, -0.25) is 4.79 Å². The molecule has 0 spiro atoms. The molecular formula is C23H34N2O3SSi. The van der Waals surface area contributed by atoms with Gasteiger partial charge in [0.15, 0.2) is 8.32 Å². The van der Waals surface area contributed by atoms with Crippen LogP contribution in [0.15, 0.2) is 30.5 Å². The average molecular weight is 447 g/mol. The number of nitrogens with one attached hydrogen (secondary N) is 1. The van der Waals surface area contributed by atoms with Gasteiger partial charge in [0, 0.05) is 23.9 Å². The molecule has 0 bridgehead atoms. The van der Waals surface area contributed by atoms with E-state index in [9.17, 15) is 4.79 Å². The minimum Gasteiger partial charge on any atom is -0.473 e. The van der Waals surface area contributed by atoms with Crippen LogP contribution in [0, 0.1) is 5.92 Å². The molecule has 1 N–H and O–H groups in total. The van der Waals surface area contributed by atoms with Crippen LogP contribution >= 0.6 is 11.3 Å². The van der Waals surface area contributed by atoms with Gasteiger partial charge in [-0.2, -0.15) is 0 Å². The first-order chi connectivity index (χ1) is 14.1.